The van der Waals surface area contributed by atoms with Crippen LogP contribution < -0.4 is 5.32 Å². The fraction of sp³-hybridized carbons (Fsp3) is 0.278. The first-order valence-corrected chi connectivity index (χ1v) is 7.48. The molecule has 0 aliphatic rings. The molecule has 0 aromatic heterocycles. The smallest absolute Gasteiger partial charge is 0.148 e. The monoisotopic (exact) mass is 317 g/mol. The number of nitrogens with zero attached hydrogens (tertiary/aromatic N) is 2. The topological polar surface area (TPSA) is 27.6 Å². The van der Waals surface area contributed by atoms with Crippen molar-refractivity contribution in [2.75, 3.05) is 18.9 Å². The molecule has 1 N–H and O–H groups in total. The molecule has 2 rings (SSSR count). The first-order valence-electron chi connectivity index (χ1n) is 7.48. The van der Waals surface area contributed by atoms with Crippen LogP contribution in [0.5, 0.6) is 0 Å². The summed E-state index contributed by atoms with van der Waals surface area (Å²) in [5.74, 6) is -0.780. The summed E-state index contributed by atoms with van der Waals surface area (Å²) in [7, 11) is 1.90. The van der Waals surface area contributed by atoms with Crippen molar-refractivity contribution in [3.8, 4) is 0 Å². The van der Waals surface area contributed by atoms with Gasteiger partial charge in [0.15, 0.2) is 0 Å². The maximum Gasteiger partial charge on any atom is 0.148 e. The highest BCUT2D eigenvalue weighted by atomic mass is 19.1. The minimum atomic E-state index is -0.427. The van der Waals surface area contributed by atoms with Crippen LogP contribution in [0.4, 0.5) is 25.8 Å². The Bertz CT molecular complexity index is 706. The van der Waals surface area contributed by atoms with Crippen molar-refractivity contribution < 1.29 is 8.78 Å². The lowest BCUT2D eigenvalue weighted by Crippen LogP contribution is -2.14. The molecule has 0 bridgehead atoms. The molecular formula is C18H21F2N3. The van der Waals surface area contributed by atoms with Crippen LogP contribution in [0.3, 0.4) is 0 Å². The summed E-state index contributed by atoms with van der Waals surface area (Å²) in [5.41, 5.74) is 3.00. The average Bonchev–Trinajstić information content (AvgIpc) is 2.47. The van der Waals surface area contributed by atoms with Crippen LogP contribution in [-0.4, -0.2) is 24.8 Å². The fourth-order valence-corrected chi connectivity index (χ4v) is 2.11. The highest BCUT2D eigenvalue weighted by molar-refractivity contribution is 5.68. The van der Waals surface area contributed by atoms with E-state index in [1.54, 1.807) is 25.4 Å². The van der Waals surface area contributed by atoms with Gasteiger partial charge in [-0.2, -0.15) is 0 Å². The Morgan fingerprint density at radius 2 is 1.87 bits per heavy atom. The molecule has 0 spiro atoms. The van der Waals surface area contributed by atoms with E-state index in [-0.39, 0.29) is 5.82 Å². The molecule has 122 valence electrons. The Kier molecular flexibility index (Phi) is 5.32. The van der Waals surface area contributed by atoms with Crippen molar-refractivity contribution in [3.05, 3.63) is 53.1 Å². The number of benzene rings is 2. The van der Waals surface area contributed by atoms with Gasteiger partial charge >= 0.3 is 0 Å². The van der Waals surface area contributed by atoms with Crippen LogP contribution in [0.1, 0.15) is 18.1 Å². The van der Waals surface area contributed by atoms with Gasteiger partial charge in [-0.05, 0) is 56.2 Å². The first-order chi connectivity index (χ1) is 10.9. The third kappa shape index (κ3) is 4.52. The van der Waals surface area contributed by atoms with Crippen LogP contribution in [0.25, 0.3) is 0 Å². The molecule has 0 amide bonds. The Labute approximate surface area is 135 Å². The predicted octanol–water partition coefficient (Wildman–Crippen LogP) is 4.94. The summed E-state index contributed by atoms with van der Waals surface area (Å²) in [6.07, 6.45) is 1.67. The Hall–Kier alpha value is -2.43. The normalized spacial score (nSPS) is 11.0. The molecule has 0 fully saturated rings. The van der Waals surface area contributed by atoms with E-state index in [4.69, 9.17) is 0 Å². The summed E-state index contributed by atoms with van der Waals surface area (Å²) in [6, 6.07) is 7.58. The lowest BCUT2D eigenvalue weighted by atomic mass is 10.1. The molecule has 0 saturated carbocycles. The van der Waals surface area contributed by atoms with Crippen LogP contribution in [0.2, 0.25) is 0 Å². The highest BCUT2D eigenvalue weighted by Gasteiger charge is 2.08. The fourth-order valence-electron chi connectivity index (χ4n) is 2.11. The van der Waals surface area contributed by atoms with Gasteiger partial charge in [-0.25, -0.2) is 13.8 Å². The quantitative estimate of drug-likeness (QED) is 0.625. The summed E-state index contributed by atoms with van der Waals surface area (Å²) >= 11 is 0. The van der Waals surface area contributed by atoms with E-state index in [0.29, 0.717) is 17.1 Å². The van der Waals surface area contributed by atoms with Gasteiger partial charge in [-0.15, -0.1) is 0 Å². The highest BCUT2D eigenvalue weighted by Crippen LogP contribution is 2.28. The van der Waals surface area contributed by atoms with E-state index in [1.165, 1.54) is 18.2 Å². The molecule has 0 radical (unpaired) electrons. The number of aryl methyl sites for hydroxylation is 2. The third-order valence-electron chi connectivity index (χ3n) is 3.50. The van der Waals surface area contributed by atoms with Gasteiger partial charge < -0.3 is 10.2 Å². The molecule has 3 nitrogen and oxygen atoms in total. The van der Waals surface area contributed by atoms with Gasteiger partial charge in [0.1, 0.15) is 11.6 Å². The van der Waals surface area contributed by atoms with Gasteiger partial charge in [0, 0.05) is 25.3 Å². The zero-order chi connectivity index (χ0) is 17.0. The van der Waals surface area contributed by atoms with Gasteiger partial charge in [0.2, 0.25) is 0 Å². The number of halogens is 2. The molecule has 0 unspecified atom stereocenters. The number of aliphatic imine (C=N–C) groups is 1. The molecule has 2 aromatic carbocycles. The Morgan fingerprint density at radius 1 is 1.13 bits per heavy atom. The minimum Gasteiger partial charge on any atom is -0.366 e. The predicted molar refractivity (Wildman–Crippen MR) is 92.0 cm³/mol. The molecular weight excluding hydrogens is 296 g/mol. The van der Waals surface area contributed by atoms with E-state index < -0.39 is 5.82 Å². The summed E-state index contributed by atoms with van der Waals surface area (Å²) in [6.45, 7) is 6.48. The molecule has 0 saturated heterocycles. The van der Waals surface area contributed by atoms with E-state index >= 15 is 0 Å². The molecule has 0 aliphatic heterocycles. The number of anilines is 2. The lowest BCUT2D eigenvalue weighted by molar-refractivity contribution is 0.552. The molecule has 23 heavy (non-hydrogen) atoms. The Morgan fingerprint density at radius 3 is 2.52 bits per heavy atom. The molecule has 0 aliphatic carbocycles. The van der Waals surface area contributed by atoms with Crippen molar-refractivity contribution in [2.24, 2.45) is 4.99 Å². The van der Waals surface area contributed by atoms with Crippen LogP contribution in [-0.2, 0) is 0 Å². The van der Waals surface area contributed by atoms with Gasteiger partial charge in [0.25, 0.3) is 0 Å². The van der Waals surface area contributed by atoms with Crippen LogP contribution >= 0.6 is 0 Å². The Balaban J connectivity index is 2.27. The summed E-state index contributed by atoms with van der Waals surface area (Å²) < 4.78 is 27.7. The maximum absolute atomic E-state index is 14.3. The van der Waals surface area contributed by atoms with Crippen molar-refractivity contribution in [2.45, 2.75) is 20.8 Å². The molecule has 0 atom stereocenters. The van der Waals surface area contributed by atoms with E-state index in [1.807, 2.05) is 25.8 Å². The van der Waals surface area contributed by atoms with E-state index in [0.717, 1.165) is 17.7 Å². The second-order valence-corrected chi connectivity index (χ2v) is 5.58. The summed E-state index contributed by atoms with van der Waals surface area (Å²) in [5, 5.41) is 2.92. The van der Waals surface area contributed by atoms with E-state index in [2.05, 4.69) is 10.3 Å². The van der Waals surface area contributed by atoms with Crippen molar-refractivity contribution in [1.82, 2.24) is 4.90 Å². The zero-order valence-electron chi connectivity index (χ0n) is 13.8. The zero-order valence-corrected chi connectivity index (χ0v) is 13.8. The molecule has 5 heteroatoms. The van der Waals surface area contributed by atoms with Crippen LogP contribution in [0, 0.1) is 25.5 Å². The average molecular weight is 317 g/mol. The minimum absolute atomic E-state index is 0.301. The standard InChI is InChI=1S/C18H21F2N3/c1-5-23(4)11-21-17-10-16(20)18(8-13(17)3)22-15-7-12(2)6-14(19)9-15/h6-11,22H,5H2,1-4H3/b21-11+. The first kappa shape index (κ1) is 16.9. The van der Waals surface area contributed by atoms with Crippen LogP contribution in [0.15, 0.2) is 35.3 Å². The number of nitrogens with one attached hydrogen (secondary N) is 1. The number of rotatable bonds is 5. The number of hydrogen-bond donors (Lipinski definition) is 1. The second kappa shape index (κ2) is 7.22. The SMILES string of the molecule is CCN(C)/C=N/c1cc(F)c(Nc2cc(C)cc(F)c2)cc1C. The van der Waals surface area contributed by atoms with Crippen molar-refractivity contribution in [3.63, 3.8) is 0 Å². The van der Waals surface area contributed by atoms with Crippen molar-refractivity contribution >= 4 is 23.4 Å². The second-order valence-electron chi connectivity index (χ2n) is 5.58. The molecule has 2 aromatic rings. The molecule has 0 heterocycles. The number of hydrogen-bond acceptors (Lipinski definition) is 2. The van der Waals surface area contributed by atoms with E-state index in [9.17, 15) is 8.78 Å². The van der Waals surface area contributed by atoms with Gasteiger partial charge in [-0.3, -0.25) is 0 Å². The maximum atomic E-state index is 14.3. The lowest BCUT2D eigenvalue weighted by Gasteiger charge is -2.12. The third-order valence-corrected chi connectivity index (χ3v) is 3.50. The largest absolute Gasteiger partial charge is 0.366 e. The summed E-state index contributed by atoms with van der Waals surface area (Å²) in [4.78, 5) is 6.19. The van der Waals surface area contributed by atoms with Crippen molar-refractivity contribution in [1.29, 1.82) is 0 Å². The van der Waals surface area contributed by atoms with Gasteiger partial charge in [0.05, 0.1) is 17.7 Å². The van der Waals surface area contributed by atoms with Gasteiger partial charge in [-0.1, -0.05) is 0 Å².